The van der Waals surface area contributed by atoms with Crippen LogP contribution in [0.25, 0.3) is 11.4 Å². The first kappa shape index (κ1) is 15.6. The van der Waals surface area contributed by atoms with Crippen molar-refractivity contribution in [3.8, 4) is 11.4 Å². The van der Waals surface area contributed by atoms with E-state index in [0.29, 0.717) is 24.1 Å². The number of nitrogens with one attached hydrogen (secondary N) is 2. The number of rotatable bonds is 5. The maximum Gasteiger partial charge on any atom is 0.327 e. The molecule has 0 spiro atoms. The first-order valence-electron chi connectivity index (χ1n) is 8.18. The molecule has 2 aromatic rings. The van der Waals surface area contributed by atoms with Gasteiger partial charge in [-0.1, -0.05) is 34.1 Å². The quantitative estimate of drug-likeness (QED) is 0.890. The number of fused-ring (bicyclic) bond motifs is 3. The van der Waals surface area contributed by atoms with Gasteiger partial charge in [0, 0.05) is 13.1 Å². The van der Waals surface area contributed by atoms with Crippen molar-refractivity contribution in [2.24, 2.45) is 16.8 Å². The van der Waals surface area contributed by atoms with Gasteiger partial charge in [0.15, 0.2) is 5.82 Å². The van der Waals surface area contributed by atoms with E-state index in [4.69, 9.17) is 0 Å². The summed E-state index contributed by atoms with van der Waals surface area (Å²) < 4.78 is 3.77. The molecule has 0 aromatic carbocycles. The summed E-state index contributed by atoms with van der Waals surface area (Å²) >= 11 is 0. The van der Waals surface area contributed by atoms with Crippen molar-refractivity contribution in [2.75, 3.05) is 5.32 Å². The maximum atomic E-state index is 12.4. The lowest BCUT2D eigenvalue weighted by atomic mass is 10.1. The van der Waals surface area contributed by atoms with Crippen LogP contribution in [0.5, 0.6) is 0 Å². The number of aliphatic imine (C=N–C) groups is 1. The molecule has 1 atom stereocenters. The maximum absolute atomic E-state index is 12.4. The van der Waals surface area contributed by atoms with Crippen LogP contribution in [0.1, 0.15) is 34.1 Å². The van der Waals surface area contributed by atoms with Crippen molar-refractivity contribution >= 4 is 18.0 Å². The second-order valence-corrected chi connectivity index (χ2v) is 6.64. The smallest absolute Gasteiger partial charge is 0.327 e. The van der Waals surface area contributed by atoms with Crippen LogP contribution in [0.3, 0.4) is 0 Å². The van der Waals surface area contributed by atoms with Gasteiger partial charge >= 0.3 is 5.69 Å². The average Bonchev–Trinajstić information content (AvgIpc) is 2.96. The third-order valence-corrected chi connectivity index (χ3v) is 4.17. The van der Waals surface area contributed by atoms with Crippen LogP contribution in [-0.4, -0.2) is 25.4 Å². The molecule has 2 N–H and O–H groups in total. The van der Waals surface area contributed by atoms with Gasteiger partial charge in [0.25, 0.3) is 0 Å². The molecule has 0 bridgehead atoms. The molecule has 0 saturated carbocycles. The fourth-order valence-electron chi connectivity index (χ4n) is 2.78. The van der Waals surface area contributed by atoms with E-state index in [9.17, 15) is 4.79 Å². The predicted molar refractivity (Wildman–Crippen MR) is 92.3 cm³/mol. The number of hydrogen-bond acceptors (Lipinski definition) is 4. The van der Waals surface area contributed by atoms with Crippen LogP contribution in [0.2, 0.25) is 0 Å². The minimum atomic E-state index is -0.109. The highest BCUT2D eigenvalue weighted by atomic mass is 16.1. The summed E-state index contributed by atoms with van der Waals surface area (Å²) in [5, 5.41) is 3.14. The molecular weight excluding hydrogens is 292 g/mol. The Labute approximate surface area is 135 Å². The molecule has 2 aromatic heterocycles. The third-order valence-electron chi connectivity index (χ3n) is 4.17. The molecule has 7 heteroatoms. The minimum absolute atomic E-state index is 0.109. The number of imidazole rings is 2. The Bertz CT molecular complexity index is 779. The molecule has 3 heterocycles. The van der Waals surface area contributed by atoms with Crippen molar-refractivity contribution in [1.82, 2.24) is 19.1 Å². The van der Waals surface area contributed by atoms with E-state index in [2.05, 4.69) is 48.0 Å². The second kappa shape index (κ2) is 6.06. The molecule has 124 valence electrons. The fourth-order valence-corrected chi connectivity index (χ4v) is 2.78. The van der Waals surface area contributed by atoms with Crippen molar-refractivity contribution in [2.45, 2.75) is 47.2 Å². The highest BCUT2D eigenvalue weighted by molar-refractivity contribution is 5.89. The molecule has 0 saturated heterocycles. The largest absolute Gasteiger partial charge is 0.330 e. The lowest BCUT2D eigenvalue weighted by Crippen LogP contribution is -2.22. The van der Waals surface area contributed by atoms with Crippen LogP contribution in [0.15, 0.2) is 16.1 Å². The van der Waals surface area contributed by atoms with Gasteiger partial charge in [0.2, 0.25) is 0 Å². The van der Waals surface area contributed by atoms with Crippen molar-refractivity contribution in [3.05, 3.63) is 16.8 Å². The van der Waals surface area contributed by atoms with Crippen LogP contribution < -0.4 is 11.0 Å². The molecule has 0 fully saturated rings. The highest BCUT2D eigenvalue weighted by Crippen LogP contribution is 2.34. The molecular formula is C16H24N6O. The van der Waals surface area contributed by atoms with Crippen LogP contribution >= 0.6 is 0 Å². The van der Waals surface area contributed by atoms with Gasteiger partial charge in [-0.15, -0.1) is 0 Å². The molecule has 1 aliphatic rings. The van der Waals surface area contributed by atoms with Crippen molar-refractivity contribution in [3.63, 3.8) is 0 Å². The summed E-state index contributed by atoms with van der Waals surface area (Å²) in [6, 6.07) is 0. The van der Waals surface area contributed by atoms with Gasteiger partial charge < -0.3 is 14.9 Å². The van der Waals surface area contributed by atoms with E-state index in [1.165, 1.54) is 0 Å². The first-order valence-corrected chi connectivity index (χ1v) is 8.18. The molecule has 23 heavy (non-hydrogen) atoms. The summed E-state index contributed by atoms with van der Waals surface area (Å²) in [5.41, 5.74) is 1.33. The first-order chi connectivity index (χ1) is 11.0. The number of H-pyrrole nitrogens is 1. The predicted octanol–water partition coefficient (Wildman–Crippen LogP) is 2.83. The number of nitrogens with zero attached hydrogens (tertiary/aromatic N) is 4. The molecule has 3 rings (SSSR count). The van der Waals surface area contributed by atoms with Gasteiger partial charge in [0.05, 0.1) is 12.7 Å². The molecule has 0 aliphatic carbocycles. The van der Waals surface area contributed by atoms with Crippen molar-refractivity contribution in [1.29, 1.82) is 0 Å². The number of aromatic amines is 1. The summed E-state index contributed by atoms with van der Waals surface area (Å²) in [6.07, 6.45) is 4.46. The lowest BCUT2D eigenvalue weighted by molar-refractivity contribution is 0.464. The summed E-state index contributed by atoms with van der Waals surface area (Å²) in [5.74, 6) is 2.44. The Morgan fingerprint density at radius 3 is 2.74 bits per heavy atom. The molecule has 0 radical (unpaired) electrons. The Morgan fingerprint density at radius 2 is 2.04 bits per heavy atom. The van der Waals surface area contributed by atoms with E-state index >= 15 is 0 Å². The molecule has 1 aliphatic heterocycles. The number of aromatic nitrogens is 4. The normalized spacial score (nSPS) is 14.3. The SMILES string of the molecule is CCC(C)Cn1c2c([nH]c1=O)-c1ncn(CC(C)C)c1N=CN2. The summed E-state index contributed by atoms with van der Waals surface area (Å²) in [6.45, 7) is 10.1. The highest BCUT2D eigenvalue weighted by Gasteiger charge is 2.24. The van der Waals surface area contributed by atoms with E-state index in [-0.39, 0.29) is 5.69 Å². The van der Waals surface area contributed by atoms with E-state index < -0.39 is 0 Å². The zero-order chi connectivity index (χ0) is 16.6. The topological polar surface area (TPSA) is 80.0 Å². The molecule has 1 unspecified atom stereocenters. The van der Waals surface area contributed by atoms with E-state index in [0.717, 1.165) is 30.3 Å². The van der Waals surface area contributed by atoms with Gasteiger partial charge in [-0.3, -0.25) is 4.57 Å². The van der Waals surface area contributed by atoms with Gasteiger partial charge in [0.1, 0.15) is 17.2 Å². The minimum Gasteiger partial charge on any atom is -0.330 e. The monoisotopic (exact) mass is 316 g/mol. The summed E-state index contributed by atoms with van der Waals surface area (Å²) in [4.78, 5) is 24.3. The number of anilines is 1. The van der Waals surface area contributed by atoms with Crippen LogP contribution in [0, 0.1) is 11.8 Å². The lowest BCUT2D eigenvalue weighted by Gasteiger charge is -2.11. The zero-order valence-corrected chi connectivity index (χ0v) is 14.1. The Balaban J connectivity index is 2.07. The Kier molecular flexibility index (Phi) is 4.11. The van der Waals surface area contributed by atoms with Gasteiger partial charge in [-0.2, -0.15) is 0 Å². The van der Waals surface area contributed by atoms with E-state index in [1.807, 2.05) is 4.57 Å². The third kappa shape index (κ3) is 2.83. The number of hydrogen-bond donors (Lipinski definition) is 2. The van der Waals surface area contributed by atoms with Crippen LogP contribution in [0.4, 0.5) is 11.6 Å². The van der Waals surface area contributed by atoms with Gasteiger partial charge in [-0.05, 0) is 11.8 Å². The van der Waals surface area contributed by atoms with Crippen molar-refractivity contribution < 1.29 is 0 Å². The van der Waals surface area contributed by atoms with Crippen LogP contribution in [-0.2, 0) is 13.1 Å². The molecule has 0 amide bonds. The van der Waals surface area contributed by atoms with Gasteiger partial charge in [-0.25, -0.2) is 14.8 Å². The Hall–Kier alpha value is -2.31. The average molecular weight is 316 g/mol. The Morgan fingerprint density at radius 1 is 1.26 bits per heavy atom. The zero-order valence-electron chi connectivity index (χ0n) is 14.1. The molecule has 7 nitrogen and oxygen atoms in total. The fraction of sp³-hybridized carbons (Fsp3) is 0.562. The second-order valence-electron chi connectivity index (χ2n) is 6.64. The van der Waals surface area contributed by atoms with E-state index in [1.54, 1.807) is 17.2 Å². The summed E-state index contributed by atoms with van der Waals surface area (Å²) in [7, 11) is 0. The standard InChI is InChI=1S/C16H24N6O/c1-5-11(4)7-22-15-13(20-16(22)23)12-14(17-8-18-15)21(9-19-12)6-10(2)3/h8-11H,5-7H2,1-4H3,(H,17,18)(H,20,23).